The van der Waals surface area contributed by atoms with Crippen LogP contribution in [-0.2, 0) is 4.79 Å². The summed E-state index contributed by atoms with van der Waals surface area (Å²) in [5, 5.41) is 15.6. The quantitative estimate of drug-likeness (QED) is 0.495. The van der Waals surface area contributed by atoms with Crippen molar-refractivity contribution in [1.82, 2.24) is 10.3 Å². The second-order valence-corrected chi connectivity index (χ2v) is 6.42. The van der Waals surface area contributed by atoms with Gasteiger partial charge in [-0.1, -0.05) is 18.2 Å². The summed E-state index contributed by atoms with van der Waals surface area (Å²) >= 11 is 1.44. The van der Waals surface area contributed by atoms with E-state index in [1.165, 1.54) is 41.8 Å². The van der Waals surface area contributed by atoms with Gasteiger partial charge in [-0.15, -0.1) is 11.3 Å². The molecule has 0 spiro atoms. The Bertz CT molecular complexity index is 932. The van der Waals surface area contributed by atoms with Crippen molar-refractivity contribution >= 4 is 23.1 Å². The molecular weight excluding hydrogens is 373 g/mol. The Labute approximate surface area is 157 Å². The zero-order valence-electron chi connectivity index (χ0n) is 13.9. The Morgan fingerprint density at radius 1 is 1.26 bits per heavy atom. The van der Waals surface area contributed by atoms with Crippen molar-refractivity contribution in [3.05, 3.63) is 86.5 Å². The van der Waals surface area contributed by atoms with E-state index >= 15 is 0 Å². The van der Waals surface area contributed by atoms with E-state index in [4.69, 9.17) is 4.74 Å². The topological polar surface area (TPSA) is 94.4 Å². The minimum absolute atomic E-state index is 0.0906. The van der Waals surface area contributed by atoms with Gasteiger partial charge in [0.2, 0.25) is 5.75 Å². The molecule has 1 N–H and O–H groups in total. The number of hydrogen-bond acceptors (Lipinski definition) is 6. The van der Waals surface area contributed by atoms with Crippen LogP contribution in [0.2, 0.25) is 0 Å². The Morgan fingerprint density at radius 2 is 2.04 bits per heavy atom. The maximum atomic E-state index is 13.2. The molecule has 3 rings (SSSR count). The number of hydrogen-bond donors (Lipinski definition) is 1. The van der Waals surface area contributed by atoms with Crippen molar-refractivity contribution in [1.29, 1.82) is 0 Å². The van der Waals surface area contributed by atoms with Crippen molar-refractivity contribution in [2.24, 2.45) is 0 Å². The number of pyridine rings is 1. The minimum atomic E-state index is -0.680. The average Bonchev–Trinajstić information content (AvgIpc) is 3.20. The molecule has 2 heterocycles. The van der Waals surface area contributed by atoms with Gasteiger partial charge in [0, 0.05) is 4.88 Å². The van der Waals surface area contributed by atoms with Gasteiger partial charge in [-0.3, -0.25) is 4.79 Å². The van der Waals surface area contributed by atoms with E-state index in [2.05, 4.69) is 10.3 Å². The molecule has 0 fully saturated rings. The lowest BCUT2D eigenvalue weighted by atomic mass is 10.1. The number of carbonyl (C=O) groups is 1. The Kier molecular flexibility index (Phi) is 5.72. The normalized spacial score (nSPS) is 11.6. The Hall–Kier alpha value is -3.33. The first kappa shape index (κ1) is 18.5. The molecule has 27 heavy (non-hydrogen) atoms. The van der Waals surface area contributed by atoms with Crippen LogP contribution in [0, 0.1) is 15.9 Å². The molecule has 0 radical (unpaired) electrons. The lowest BCUT2D eigenvalue weighted by Gasteiger charge is -2.18. The van der Waals surface area contributed by atoms with Crippen LogP contribution in [0.15, 0.2) is 60.1 Å². The fraction of sp³-hybridized carbons (Fsp3) is 0.111. The lowest BCUT2D eigenvalue weighted by molar-refractivity contribution is -0.390. The van der Waals surface area contributed by atoms with Gasteiger partial charge in [0.1, 0.15) is 12.0 Å². The second kappa shape index (κ2) is 8.37. The molecule has 1 aromatic carbocycles. The third kappa shape index (κ3) is 4.64. The molecule has 3 aromatic rings. The van der Waals surface area contributed by atoms with E-state index in [9.17, 15) is 19.3 Å². The molecule has 1 amide bonds. The summed E-state index contributed by atoms with van der Waals surface area (Å²) in [4.78, 5) is 27.1. The van der Waals surface area contributed by atoms with Gasteiger partial charge >= 0.3 is 5.82 Å². The number of nitrogens with one attached hydrogen (secondary N) is 1. The van der Waals surface area contributed by atoms with Crippen LogP contribution < -0.4 is 10.1 Å². The van der Waals surface area contributed by atoms with Gasteiger partial charge in [-0.25, -0.2) is 4.39 Å². The Morgan fingerprint density at radius 3 is 2.70 bits per heavy atom. The summed E-state index contributed by atoms with van der Waals surface area (Å²) in [7, 11) is 0. The third-order valence-corrected chi connectivity index (χ3v) is 4.56. The van der Waals surface area contributed by atoms with Gasteiger partial charge in [0.05, 0.1) is 6.04 Å². The number of benzene rings is 1. The summed E-state index contributed by atoms with van der Waals surface area (Å²) in [6.45, 7) is -0.421. The van der Waals surface area contributed by atoms with Crippen LogP contribution in [0.4, 0.5) is 10.2 Å². The van der Waals surface area contributed by atoms with E-state index in [1.54, 1.807) is 12.1 Å². The first-order valence-corrected chi connectivity index (χ1v) is 8.73. The van der Waals surface area contributed by atoms with E-state index in [1.807, 2.05) is 17.5 Å². The number of rotatable bonds is 7. The number of amides is 1. The van der Waals surface area contributed by atoms with Gasteiger partial charge < -0.3 is 20.2 Å². The molecule has 0 bridgehead atoms. The summed E-state index contributed by atoms with van der Waals surface area (Å²) in [5.41, 5.74) is 0.708. The molecule has 1 unspecified atom stereocenters. The van der Waals surface area contributed by atoms with Crippen molar-refractivity contribution in [3.8, 4) is 5.75 Å². The molecule has 7 nitrogen and oxygen atoms in total. The summed E-state index contributed by atoms with van der Waals surface area (Å²) in [5.74, 6) is -1.40. The number of aromatic nitrogens is 1. The maximum Gasteiger partial charge on any atom is 0.406 e. The van der Waals surface area contributed by atoms with Gasteiger partial charge in [-0.05, 0) is 51.2 Å². The molecule has 0 aliphatic rings. The number of thiophene rings is 1. The monoisotopic (exact) mass is 387 g/mol. The zero-order chi connectivity index (χ0) is 19.2. The lowest BCUT2D eigenvalue weighted by Crippen LogP contribution is -2.33. The third-order valence-electron chi connectivity index (χ3n) is 3.62. The molecule has 9 heteroatoms. The standard InChI is InChI=1S/C18H14FN3O4S/c19-13-7-5-12(6-8-13)17(15-4-2-10-27-15)21-16(23)11-26-14-3-1-9-20-18(14)22(24)25/h1-10,17H,11H2,(H,21,23). The first-order chi connectivity index (χ1) is 13.0. The van der Waals surface area contributed by atoms with Crippen LogP contribution in [0.3, 0.4) is 0 Å². The fourth-order valence-corrected chi connectivity index (χ4v) is 3.21. The smallest absolute Gasteiger partial charge is 0.406 e. The highest BCUT2D eigenvalue weighted by Crippen LogP contribution is 2.27. The largest absolute Gasteiger partial charge is 0.476 e. The molecule has 0 aliphatic carbocycles. The van der Waals surface area contributed by atoms with E-state index in [-0.39, 0.29) is 11.6 Å². The molecule has 0 saturated heterocycles. The Balaban J connectivity index is 1.72. The SMILES string of the molecule is O=C(COc1cccnc1[N+](=O)[O-])NC(c1ccc(F)cc1)c1cccs1. The predicted molar refractivity (Wildman–Crippen MR) is 97.1 cm³/mol. The highest BCUT2D eigenvalue weighted by molar-refractivity contribution is 7.10. The van der Waals surface area contributed by atoms with Crippen LogP contribution in [0.25, 0.3) is 0 Å². The fourth-order valence-electron chi connectivity index (χ4n) is 2.41. The number of carbonyl (C=O) groups excluding carboxylic acids is 1. The molecular formula is C18H14FN3O4S. The summed E-state index contributed by atoms with van der Waals surface area (Å²) in [6.07, 6.45) is 1.27. The zero-order valence-corrected chi connectivity index (χ0v) is 14.7. The molecule has 0 saturated carbocycles. The average molecular weight is 387 g/mol. The first-order valence-electron chi connectivity index (χ1n) is 7.85. The number of nitro groups is 1. The van der Waals surface area contributed by atoms with Crippen LogP contribution in [0.1, 0.15) is 16.5 Å². The van der Waals surface area contributed by atoms with Crippen molar-refractivity contribution in [2.45, 2.75) is 6.04 Å². The van der Waals surface area contributed by atoms with E-state index in [0.29, 0.717) is 5.56 Å². The molecule has 2 aromatic heterocycles. The second-order valence-electron chi connectivity index (χ2n) is 5.44. The van der Waals surface area contributed by atoms with E-state index in [0.717, 1.165) is 4.88 Å². The molecule has 138 valence electrons. The van der Waals surface area contributed by atoms with E-state index < -0.39 is 29.3 Å². The predicted octanol–water partition coefficient (Wildman–Crippen LogP) is 3.48. The van der Waals surface area contributed by atoms with Crippen LogP contribution in [-0.4, -0.2) is 22.4 Å². The van der Waals surface area contributed by atoms with Crippen molar-refractivity contribution < 1.29 is 18.8 Å². The van der Waals surface area contributed by atoms with Crippen molar-refractivity contribution in [3.63, 3.8) is 0 Å². The van der Waals surface area contributed by atoms with Gasteiger partial charge in [0.25, 0.3) is 5.91 Å². The van der Waals surface area contributed by atoms with Gasteiger partial charge in [0.15, 0.2) is 6.61 Å². The molecule has 1 atom stereocenters. The van der Waals surface area contributed by atoms with Crippen LogP contribution >= 0.6 is 11.3 Å². The number of halogens is 1. The maximum absolute atomic E-state index is 13.2. The van der Waals surface area contributed by atoms with Crippen molar-refractivity contribution in [2.75, 3.05) is 6.61 Å². The number of nitrogens with zero attached hydrogens (tertiary/aromatic N) is 2. The highest BCUT2D eigenvalue weighted by Gasteiger charge is 2.20. The molecule has 0 aliphatic heterocycles. The number of ether oxygens (including phenoxy) is 1. The summed E-state index contributed by atoms with van der Waals surface area (Å²) < 4.78 is 18.5. The van der Waals surface area contributed by atoms with Crippen LogP contribution in [0.5, 0.6) is 5.75 Å². The highest BCUT2D eigenvalue weighted by atomic mass is 32.1. The van der Waals surface area contributed by atoms with Gasteiger partial charge in [-0.2, -0.15) is 0 Å². The minimum Gasteiger partial charge on any atom is -0.476 e. The summed E-state index contributed by atoms with van der Waals surface area (Å²) in [6, 6.07) is 11.9.